The summed E-state index contributed by atoms with van der Waals surface area (Å²) >= 11 is 0. The highest BCUT2D eigenvalue weighted by Crippen LogP contribution is 2.05. The third-order valence-electron chi connectivity index (χ3n) is 1.56. The second-order valence-corrected chi connectivity index (χ2v) is 2.48. The van der Waals surface area contributed by atoms with Gasteiger partial charge in [0.25, 0.3) is 6.01 Å². The number of aryl methyl sites for hydroxylation is 1. The van der Waals surface area contributed by atoms with Gasteiger partial charge in [0.15, 0.2) is 0 Å². The number of ether oxygens (including phenoxy) is 1. The fourth-order valence-electron chi connectivity index (χ4n) is 0.941. The lowest BCUT2D eigenvalue weighted by Crippen LogP contribution is -2.08. The summed E-state index contributed by atoms with van der Waals surface area (Å²) in [6, 6.07) is -0.0794. The Morgan fingerprint density at radius 1 is 1.77 bits per heavy atom. The van der Waals surface area contributed by atoms with Crippen LogP contribution in [0.2, 0.25) is 0 Å². The molecule has 0 aliphatic rings. The summed E-state index contributed by atoms with van der Waals surface area (Å²) in [6.07, 6.45) is 3.33. The van der Waals surface area contributed by atoms with Gasteiger partial charge in [0.1, 0.15) is 0 Å². The molecule has 1 rings (SSSR count). The van der Waals surface area contributed by atoms with Gasteiger partial charge >= 0.3 is 5.97 Å². The Morgan fingerprint density at radius 3 is 3.08 bits per heavy atom. The number of hydrogen-bond donors (Lipinski definition) is 1. The summed E-state index contributed by atoms with van der Waals surface area (Å²) in [5, 5.41) is 9.09. The normalized spacial score (nSPS) is 9.92. The van der Waals surface area contributed by atoms with Crippen molar-refractivity contribution in [3.63, 3.8) is 0 Å². The van der Waals surface area contributed by atoms with Crippen LogP contribution in [-0.2, 0) is 16.1 Å². The Morgan fingerprint density at radius 2 is 2.54 bits per heavy atom. The molecule has 0 atom stereocenters. The molecule has 5 heteroatoms. The highest BCUT2D eigenvalue weighted by atomic mass is 16.5. The van der Waals surface area contributed by atoms with E-state index in [-0.39, 0.29) is 18.4 Å². The lowest BCUT2D eigenvalue weighted by molar-refractivity contribution is -0.143. The van der Waals surface area contributed by atoms with Gasteiger partial charge < -0.3 is 14.4 Å². The highest BCUT2D eigenvalue weighted by Gasteiger charge is 2.04. The molecule has 0 aromatic carbocycles. The van der Waals surface area contributed by atoms with Crippen molar-refractivity contribution in [2.45, 2.75) is 19.9 Å². The smallest absolute Gasteiger partial charge is 0.307 e. The Kier molecular flexibility index (Phi) is 3.31. The molecular formula is C8H12N2O3. The van der Waals surface area contributed by atoms with E-state index < -0.39 is 0 Å². The molecule has 0 bridgehead atoms. The van der Waals surface area contributed by atoms with Crippen LogP contribution in [0.4, 0.5) is 0 Å². The van der Waals surface area contributed by atoms with Crippen molar-refractivity contribution in [1.29, 1.82) is 0 Å². The van der Waals surface area contributed by atoms with E-state index in [9.17, 15) is 4.79 Å². The van der Waals surface area contributed by atoms with Crippen molar-refractivity contribution in [2.24, 2.45) is 0 Å². The second-order valence-electron chi connectivity index (χ2n) is 2.48. The molecule has 5 nitrogen and oxygen atoms in total. The molecule has 13 heavy (non-hydrogen) atoms. The second kappa shape index (κ2) is 4.49. The van der Waals surface area contributed by atoms with E-state index in [1.807, 2.05) is 0 Å². The van der Waals surface area contributed by atoms with E-state index in [0.717, 1.165) is 0 Å². The monoisotopic (exact) mass is 184 g/mol. The molecule has 1 N–H and O–H groups in total. The fraction of sp³-hybridized carbons (Fsp3) is 0.500. The Labute approximate surface area is 76.0 Å². The van der Waals surface area contributed by atoms with Gasteiger partial charge in [-0.05, 0) is 6.92 Å². The van der Waals surface area contributed by atoms with Crippen LogP contribution < -0.4 is 0 Å². The zero-order valence-corrected chi connectivity index (χ0v) is 7.43. The molecule has 0 aliphatic heterocycles. The minimum absolute atomic E-state index is 0.0794. The van der Waals surface area contributed by atoms with Crippen LogP contribution in [0.1, 0.15) is 13.3 Å². The molecule has 0 fully saturated rings. The summed E-state index contributed by atoms with van der Waals surface area (Å²) in [5.74, 6) is -0.268. The minimum Gasteiger partial charge on any atom is -0.480 e. The zero-order valence-electron chi connectivity index (χ0n) is 7.43. The summed E-state index contributed by atoms with van der Waals surface area (Å²) < 4.78 is 6.21. The van der Waals surface area contributed by atoms with Crippen LogP contribution in [0.15, 0.2) is 12.4 Å². The van der Waals surface area contributed by atoms with Crippen molar-refractivity contribution in [3.05, 3.63) is 12.4 Å². The topological polar surface area (TPSA) is 64.4 Å². The van der Waals surface area contributed by atoms with Crippen LogP contribution in [0.5, 0.6) is 6.01 Å². The first-order chi connectivity index (χ1) is 6.24. The first-order valence-corrected chi connectivity index (χ1v) is 4.09. The van der Waals surface area contributed by atoms with Crippen molar-refractivity contribution >= 4 is 5.97 Å². The highest BCUT2D eigenvalue weighted by molar-refractivity contribution is 5.69. The maximum Gasteiger partial charge on any atom is 0.307 e. The lowest BCUT2D eigenvalue weighted by Gasteiger charge is -2.02. The molecule has 0 unspecified atom stereocenters. The van der Waals surface area contributed by atoms with Crippen molar-refractivity contribution in [3.8, 4) is 6.01 Å². The average Bonchev–Trinajstić information content (AvgIpc) is 2.48. The third kappa shape index (κ3) is 2.77. The Bertz CT molecular complexity index is 283. The van der Waals surface area contributed by atoms with E-state index in [1.165, 1.54) is 10.8 Å². The molecule has 0 aliphatic carbocycles. The molecule has 1 aromatic rings. The minimum atomic E-state index is -0.268. The molecule has 72 valence electrons. The molecule has 1 heterocycles. The van der Waals surface area contributed by atoms with Gasteiger partial charge in [-0.2, -0.15) is 0 Å². The molecule has 0 spiro atoms. The summed E-state index contributed by atoms with van der Waals surface area (Å²) in [5.41, 5.74) is 0. The SMILES string of the molecule is CCOC(=O)CCn1ccnc1O. The van der Waals surface area contributed by atoms with E-state index in [0.29, 0.717) is 13.2 Å². The van der Waals surface area contributed by atoms with Crippen LogP contribution in [0, 0.1) is 0 Å². The number of carbonyl (C=O) groups is 1. The predicted octanol–water partition coefficient (Wildman–Crippen LogP) is 0.542. The third-order valence-corrected chi connectivity index (χ3v) is 1.56. The summed E-state index contributed by atoms with van der Waals surface area (Å²) in [7, 11) is 0. The van der Waals surface area contributed by atoms with E-state index in [2.05, 4.69) is 4.98 Å². The first kappa shape index (κ1) is 9.57. The van der Waals surface area contributed by atoms with Crippen LogP contribution in [0.3, 0.4) is 0 Å². The molecule has 0 radical (unpaired) electrons. The quantitative estimate of drug-likeness (QED) is 0.694. The molecule has 0 amide bonds. The number of rotatable bonds is 4. The molecule has 0 saturated carbocycles. The van der Waals surface area contributed by atoms with Crippen molar-refractivity contribution in [1.82, 2.24) is 9.55 Å². The van der Waals surface area contributed by atoms with Crippen LogP contribution >= 0.6 is 0 Å². The van der Waals surface area contributed by atoms with Gasteiger partial charge in [0.05, 0.1) is 13.0 Å². The Hall–Kier alpha value is -1.52. The average molecular weight is 184 g/mol. The van der Waals surface area contributed by atoms with Gasteiger partial charge in [0, 0.05) is 18.9 Å². The molecule has 0 saturated heterocycles. The van der Waals surface area contributed by atoms with Gasteiger partial charge in [-0.3, -0.25) is 4.79 Å². The summed E-state index contributed by atoms with van der Waals surface area (Å²) in [6.45, 7) is 2.53. The maximum atomic E-state index is 10.9. The first-order valence-electron chi connectivity index (χ1n) is 4.09. The van der Waals surface area contributed by atoms with Crippen LogP contribution in [0.25, 0.3) is 0 Å². The Balaban J connectivity index is 2.35. The van der Waals surface area contributed by atoms with E-state index in [4.69, 9.17) is 9.84 Å². The number of imidazole rings is 1. The van der Waals surface area contributed by atoms with Crippen molar-refractivity contribution < 1.29 is 14.6 Å². The van der Waals surface area contributed by atoms with Crippen LogP contribution in [-0.4, -0.2) is 27.2 Å². The number of hydrogen-bond acceptors (Lipinski definition) is 4. The lowest BCUT2D eigenvalue weighted by atomic mass is 10.4. The zero-order chi connectivity index (χ0) is 9.68. The largest absolute Gasteiger partial charge is 0.480 e. The van der Waals surface area contributed by atoms with Gasteiger partial charge in [-0.1, -0.05) is 0 Å². The maximum absolute atomic E-state index is 10.9. The van der Waals surface area contributed by atoms with E-state index >= 15 is 0 Å². The fourth-order valence-corrected chi connectivity index (χ4v) is 0.941. The van der Waals surface area contributed by atoms with Crippen molar-refractivity contribution in [2.75, 3.05) is 6.61 Å². The molecular weight excluding hydrogens is 172 g/mol. The summed E-state index contributed by atoms with van der Waals surface area (Å²) in [4.78, 5) is 14.5. The van der Waals surface area contributed by atoms with Gasteiger partial charge in [0.2, 0.25) is 0 Å². The van der Waals surface area contributed by atoms with E-state index in [1.54, 1.807) is 13.1 Å². The number of nitrogens with zero attached hydrogens (tertiary/aromatic N) is 2. The standard InChI is InChI=1S/C8H12N2O3/c1-2-13-7(11)3-5-10-6-4-9-8(10)12/h4,6H,2-3,5H2,1H3,(H,9,12). The number of carbonyl (C=O) groups excluding carboxylic acids is 1. The van der Waals surface area contributed by atoms with Gasteiger partial charge in [-0.15, -0.1) is 0 Å². The predicted molar refractivity (Wildman–Crippen MR) is 45.1 cm³/mol. The number of esters is 1. The van der Waals surface area contributed by atoms with Gasteiger partial charge in [-0.25, -0.2) is 4.98 Å². The number of aromatic hydroxyl groups is 1. The molecule has 1 aromatic heterocycles. The number of aromatic nitrogens is 2.